The number of esters is 1. The molecule has 14 heteroatoms. The number of hydrogen-bond acceptors (Lipinski definition) is 8. The molecule has 3 aliphatic rings. The summed E-state index contributed by atoms with van der Waals surface area (Å²) in [5.41, 5.74) is 1.11. The molecule has 8 nitrogen and oxygen atoms in total. The standard InChI is InChI=1S/C41H50F6N4O4/c1-4-54-32(53)7-5-6-20-55-29-23-48-38(49-24-29)51-18-14-27(15-19-51)37-35(36(42)26-8-10-28(11-9-26)41(45,46)47)33(25-12-16-40(43,44)17-13-25)34-30(50-37)21-39(2,3)22-31(34)52/h8-11,23-25,27,31,36,52H,4-7,12-22H2,1-3H3. The summed E-state index contributed by atoms with van der Waals surface area (Å²) in [5, 5.41) is 11.6. The number of fused-ring (bicyclic) bond motifs is 1. The number of aliphatic hydroxyl groups excluding tert-OH is 1. The van der Waals surface area contributed by atoms with Crippen LogP contribution in [-0.2, 0) is 22.1 Å². The molecule has 3 heterocycles. The fourth-order valence-electron chi connectivity index (χ4n) is 8.41. The summed E-state index contributed by atoms with van der Waals surface area (Å²) in [4.78, 5) is 27.7. The van der Waals surface area contributed by atoms with Crippen molar-refractivity contribution in [1.82, 2.24) is 15.0 Å². The number of benzene rings is 1. The van der Waals surface area contributed by atoms with Crippen LogP contribution in [0.25, 0.3) is 0 Å². The molecule has 0 bridgehead atoms. The van der Waals surface area contributed by atoms with Gasteiger partial charge in [-0.1, -0.05) is 26.0 Å². The molecule has 0 radical (unpaired) electrons. The quantitative estimate of drug-likeness (QED) is 0.110. The van der Waals surface area contributed by atoms with Crippen LogP contribution in [0.3, 0.4) is 0 Å². The summed E-state index contributed by atoms with van der Waals surface area (Å²) in [7, 11) is 0. The minimum atomic E-state index is -4.60. The van der Waals surface area contributed by atoms with Crippen molar-refractivity contribution < 1.29 is 45.7 Å². The molecule has 2 aliphatic carbocycles. The van der Waals surface area contributed by atoms with E-state index in [0.717, 1.165) is 24.3 Å². The number of nitrogens with zero attached hydrogens (tertiary/aromatic N) is 4. The van der Waals surface area contributed by atoms with Crippen LogP contribution in [0, 0.1) is 5.41 Å². The van der Waals surface area contributed by atoms with Gasteiger partial charge in [-0.15, -0.1) is 0 Å². The molecule has 1 aliphatic heterocycles. The summed E-state index contributed by atoms with van der Waals surface area (Å²) < 4.78 is 97.4. The minimum Gasteiger partial charge on any atom is -0.490 e. The molecule has 0 amide bonds. The van der Waals surface area contributed by atoms with E-state index in [1.165, 1.54) is 0 Å². The van der Waals surface area contributed by atoms with Crippen LogP contribution in [-0.4, -0.2) is 58.3 Å². The third kappa shape index (κ3) is 9.72. The summed E-state index contributed by atoms with van der Waals surface area (Å²) in [6, 6.07) is 3.97. The van der Waals surface area contributed by atoms with E-state index < -0.39 is 35.9 Å². The second-order valence-corrected chi connectivity index (χ2v) is 15.9. The fraction of sp³-hybridized carbons (Fsp3) is 0.610. The van der Waals surface area contributed by atoms with Gasteiger partial charge in [0.25, 0.3) is 0 Å². The van der Waals surface area contributed by atoms with Gasteiger partial charge in [-0.2, -0.15) is 13.2 Å². The lowest BCUT2D eigenvalue weighted by Crippen LogP contribution is -2.36. The Bertz CT molecular complexity index is 1770. The Morgan fingerprint density at radius 1 is 0.982 bits per heavy atom. The summed E-state index contributed by atoms with van der Waals surface area (Å²) in [6.07, 6.45) is -1.29. The smallest absolute Gasteiger partial charge is 0.416 e. The molecular formula is C41H50F6N4O4. The third-order valence-electron chi connectivity index (χ3n) is 11.2. The van der Waals surface area contributed by atoms with Gasteiger partial charge in [-0.05, 0) is 92.9 Å². The number of rotatable bonds is 12. The highest BCUT2D eigenvalue weighted by Gasteiger charge is 2.44. The summed E-state index contributed by atoms with van der Waals surface area (Å²) in [6.45, 7) is 7.57. The highest BCUT2D eigenvalue weighted by atomic mass is 19.4. The average Bonchev–Trinajstić information content (AvgIpc) is 3.13. The number of alkyl halides is 6. The van der Waals surface area contributed by atoms with Gasteiger partial charge >= 0.3 is 12.1 Å². The van der Waals surface area contributed by atoms with Crippen molar-refractivity contribution in [3.8, 4) is 5.75 Å². The zero-order valence-electron chi connectivity index (χ0n) is 31.6. The molecule has 2 atom stereocenters. The number of hydrogen-bond donors (Lipinski definition) is 1. The van der Waals surface area contributed by atoms with Crippen LogP contribution >= 0.6 is 0 Å². The molecule has 3 aromatic rings. The van der Waals surface area contributed by atoms with E-state index in [4.69, 9.17) is 14.5 Å². The number of aliphatic hydroxyl groups is 1. The van der Waals surface area contributed by atoms with Crippen molar-refractivity contribution in [2.75, 3.05) is 31.2 Å². The maximum atomic E-state index is 17.3. The van der Waals surface area contributed by atoms with E-state index in [0.29, 0.717) is 105 Å². The van der Waals surface area contributed by atoms with Crippen LogP contribution in [0.2, 0.25) is 0 Å². The van der Waals surface area contributed by atoms with Gasteiger partial charge < -0.3 is 19.5 Å². The molecule has 2 fully saturated rings. The lowest BCUT2D eigenvalue weighted by Gasteiger charge is -2.41. The minimum absolute atomic E-state index is 0.0103. The number of carbonyl (C=O) groups is 1. The van der Waals surface area contributed by atoms with Crippen LogP contribution in [0.1, 0.15) is 148 Å². The van der Waals surface area contributed by atoms with Gasteiger partial charge in [-0.3, -0.25) is 9.78 Å². The fourth-order valence-corrected chi connectivity index (χ4v) is 8.41. The molecule has 2 unspecified atom stereocenters. The van der Waals surface area contributed by atoms with E-state index in [2.05, 4.69) is 9.97 Å². The van der Waals surface area contributed by atoms with Gasteiger partial charge in [-0.25, -0.2) is 23.1 Å². The maximum Gasteiger partial charge on any atom is 0.416 e. The highest BCUT2D eigenvalue weighted by Crippen LogP contribution is 2.52. The zero-order chi connectivity index (χ0) is 39.5. The Morgan fingerprint density at radius 3 is 2.25 bits per heavy atom. The number of ether oxygens (including phenoxy) is 2. The number of aromatic nitrogens is 3. The molecule has 55 heavy (non-hydrogen) atoms. The molecular weight excluding hydrogens is 726 g/mol. The highest BCUT2D eigenvalue weighted by molar-refractivity contribution is 5.69. The lowest BCUT2D eigenvalue weighted by molar-refractivity contribution is -0.143. The van der Waals surface area contributed by atoms with Crippen LogP contribution in [0.4, 0.5) is 32.3 Å². The lowest BCUT2D eigenvalue weighted by atomic mass is 9.68. The number of carbonyl (C=O) groups excluding carboxylic acids is 1. The Hall–Kier alpha value is -3.94. The third-order valence-corrected chi connectivity index (χ3v) is 11.2. The molecule has 6 rings (SSSR count). The number of unbranched alkanes of at least 4 members (excludes halogenated alkanes) is 1. The first-order valence-corrected chi connectivity index (χ1v) is 19.3. The first kappa shape index (κ1) is 40.7. The van der Waals surface area contributed by atoms with Gasteiger partial charge in [0.15, 0.2) is 11.9 Å². The van der Waals surface area contributed by atoms with Crippen molar-refractivity contribution >= 4 is 11.9 Å². The van der Waals surface area contributed by atoms with Gasteiger partial charge in [0.2, 0.25) is 11.9 Å². The normalized spacial score (nSPS) is 20.8. The topological polar surface area (TPSA) is 97.7 Å². The molecule has 1 aromatic carbocycles. The van der Waals surface area contributed by atoms with Gasteiger partial charge in [0.05, 0.1) is 43.0 Å². The van der Waals surface area contributed by atoms with Gasteiger partial charge in [0, 0.05) is 55.1 Å². The largest absolute Gasteiger partial charge is 0.490 e. The van der Waals surface area contributed by atoms with Crippen molar-refractivity contribution in [2.24, 2.45) is 5.41 Å². The molecule has 0 spiro atoms. The zero-order valence-corrected chi connectivity index (χ0v) is 31.6. The Kier molecular flexibility index (Phi) is 12.3. The van der Waals surface area contributed by atoms with Crippen molar-refractivity contribution in [1.29, 1.82) is 0 Å². The predicted octanol–water partition coefficient (Wildman–Crippen LogP) is 9.74. The average molecular weight is 777 g/mol. The van der Waals surface area contributed by atoms with Crippen LogP contribution < -0.4 is 9.64 Å². The molecule has 1 saturated heterocycles. The first-order chi connectivity index (χ1) is 26.0. The maximum absolute atomic E-state index is 17.3. The number of anilines is 1. The van der Waals surface area contributed by atoms with Gasteiger partial charge in [0.1, 0.15) is 0 Å². The van der Waals surface area contributed by atoms with Crippen molar-refractivity contribution in [3.05, 3.63) is 75.9 Å². The van der Waals surface area contributed by atoms with E-state index in [1.54, 1.807) is 19.3 Å². The number of piperidine rings is 1. The summed E-state index contributed by atoms with van der Waals surface area (Å²) in [5.74, 6) is -2.82. The molecule has 1 saturated carbocycles. The molecule has 2 aromatic heterocycles. The van der Waals surface area contributed by atoms with E-state index in [1.807, 2.05) is 18.7 Å². The second-order valence-electron chi connectivity index (χ2n) is 15.9. The van der Waals surface area contributed by atoms with E-state index in [9.17, 15) is 31.9 Å². The van der Waals surface area contributed by atoms with Crippen molar-refractivity contribution in [2.45, 2.75) is 128 Å². The second kappa shape index (κ2) is 16.7. The van der Waals surface area contributed by atoms with E-state index in [-0.39, 0.29) is 54.1 Å². The molecule has 300 valence electrons. The first-order valence-electron chi connectivity index (χ1n) is 19.3. The Balaban J connectivity index is 1.28. The number of pyridine rings is 1. The number of halogens is 6. The molecule has 1 N–H and O–H groups in total. The monoisotopic (exact) mass is 776 g/mol. The van der Waals surface area contributed by atoms with Crippen LogP contribution in [0.15, 0.2) is 36.7 Å². The Morgan fingerprint density at radius 2 is 1.64 bits per heavy atom. The van der Waals surface area contributed by atoms with Crippen molar-refractivity contribution in [3.63, 3.8) is 0 Å². The Labute approximate surface area is 318 Å². The van der Waals surface area contributed by atoms with E-state index >= 15 is 4.39 Å². The summed E-state index contributed by atoms with van der Waals surface area (Å²) >= 11 is 0. The SMILES string of the molecule is CCOC(=O)CCCCOc1cnc(N2CCC(c3nc4c(c(C5CCC(F)(F)CC5)c3C(F)c3ccc(C(F)(F)F)cc3)C(O)CC(C)(C)C4)CC2)nc1. The van der Waals surface area contributed by atoms with Crippen LogP contribution in [0.5, 0.6) is 5.75 Å². The predicted molar refractivity (Wildman–Crippen MR) is 194 cm³/mol.